The van der Waals surface area contributed by atoms with Crippen LogP contribution in [0.4, 0.5) is 0 Å². The Balaban J connectivity index is 1.63. The smallest absolute Gasteiger partial charge is 0.227 e. The molecule has 178 valence electrons. The van der Waals surface area contributed by atoms with E-state index in [-0.39, 0.29) is 29.7 Å². The Labute approximate surface area is 221 Å². The lowest BCUT2D eigenvalue weighted by atomic mass is 9.53. The van der Waals surface area contributed by atoms with Gasteiger partial charge in [0.1, 0.15) is 0 Å². The Morgan fingerprint density at radius 3 is 2.34 bits per heavy atom. The highest BCUT2D eigenvalue weighted by atomic mass is 35.5. The molecule has 0 spiro atoms. The molecule has 0 bridgehead atoms. The number of hydrogen-bond donors (Lipinski definition) is 1. The molecule has 1 amide bonds. The monoisotopic (exact) mass is 522 g/mol. The second-order valence-electron chi connectivity index (χ2n) is 9.82. The summed E-state index contributed by atoms with van der Waals surface area (Å²) >= 11 is 19.2. The molecule has 1 heterocycles. The molecule has 2 fully saturated rings. The summed E-state index contributed by atoms with van der Waals surface area (Å²) in [5.41, 5.74) is 3.35. The number of nitrogens with one attached hydrogen (secondary N) is 1. The van der Waals surface area contributed by atoms with E-state index in [1.807, 2.05) is 48.5 Å². The second kappa shape index (κ2) is 9.51. The van der Waals surface area contributed by atoms with Crippen LogP contribution < -0.4 is 5.32 Å². The molecule has 0 aromatic heterocycles. The molecule has 6 heteroatoms. The summed E-state index contributed by atoms with van der Waals surface area (Å²) in [7, 11) is 0. The number of hydrogen-bond acceptors (Lipinski definition) is 2. The zero-order valence-corrected chi connectivity index (χ0v) is 21.5. The van der Waals surface area contributed by atoms with Gasteiger partial charge in [-0.3, -0.25) is 4.79 Å². The minimum Gasteiger partial charge on any atom is -0.353 e. The van der Waals surface area contributed by atoms with Gasteiger partial charge in [-0.05, 0) is 91.1 Å². The van der Waals surface area contributed by atoms with E-state index >= 15 is 0 Å². The van der Waals surface area contributed by atoms with Crippen LogP contribution in [-0.2, 0) is 11.2 Å². The van der Waals surface area contributed by atoms with Gasteiger partial charge >= 0.3 is 0 Å². The van der Waals surface area contributed by atoms with Gasteiger partial charge < -0.3 is 5.32 Å². The molecule has 1 aliphatic carbocycles. The molecule has 2 aliphatic rings. The summed E-state index contributed by atoms with van der Waals surface area (Å²) in [6.45, 7) is 2.11. The molecule has 1 saturated carbocycles. The average molecular weight is 524 g/mol. The Bertz CT molecular complexity index is 1300. The highest BCUT2D eigenvalue weighted by molar-refractivity contribution is 6.35. The van der Waals surface area contributed by atoms with Crippen LogP contribution in [0.5, 0.6) is 0 Å². The third-order valence-electron chi connectivity index (χ3n) is 7.93. The van der Waals surface area contributed by atoms with Crippen molar-refractivity contribution in [3.8, 4) is 6.07 Å². The number of benzene rings is 3. The molecule has 0 unspecified atom stereocenters. The van der Waals surface area contributed by atoms with Crippen molar-refractivity contribution in [2.75, 3.05) is 0 Å². The number of halogens is 3. The van der Waals surface area contributed by atoms with Crippen molar-refractivity contribution in [3.63, 3.8) is 0 Å². The topological polar surface area (TPSA) is 52.9 Å². The zero-order chi connectivity index (χ0) is 24.7. The first-order valence-electron chi connectivity index (χ1n) is 11.8. The largest absolute Gasteiger partial charge is 0.353 e. The van der Waals surface area contributed by atoms with Gasteiger partial charge in [-0.2, -0.15) is 5.26 Å². The minimum absolute atomic E-state index is 0.00423. The van der Waals surface area contributed by atoms with Crippen LogP contribution in [0.1, 0.15) is 53.9 Å². The van der Waals surface area contributed by atoms with Crippen molar-refractivity contribution in [2.24, 2.45) is 11.3 Å². The number of amides is 1. The average Bonchev–Trinajstić information content (AvgIpc) is 3.09. The van der Waals surface area contributed by atoms with E-state index in [9.17, 15) is 10.1 Å². The van der Waals surface area contributed by atoms with E-state index in [0.717, 1.165) is 29.5 Å². The number of fused-ring (bicyclic) bond motifs is 1. The Hall–Kier alpha value is -2.51. The molecular weight excluding hydrogens is 499 g/mol. The summed E-state index contributed by atoms with van der Waals surface area (Å²) in [4.78, 5) is 13.6. The zero-order valence-electron chi connectivity index (χ0n) is 19.3. The summed E-state index contributed by atoms with van der Waals surface area (Å²) in [6.07, 6.45) is 2.20. The molecule has 3 aromatic rings. The van der Waals surface area contributed by atoms with Crippen LogP contribution in [-0.4, -0.2) is 11.9 Å². The molecule has 3 nitrogen and oxygen atoms in total. The van der Waals surface area contributed by atoms with Gasteiger partial charge in [-0.15, -0.1) is 0 Å². The predicted molar refractivity (Wildman–Crippen MR) is 141 cm³/mol. The SMILES string of the molecule is C[C@H]1NC(=O)[C@]2(Cc3ccc(C#N)cc3)CC[C@@H](c3ccc(Cl)cc3Cl)[C@H](c3ccc(Cl)cc3)[C@H]12. The van der Waals surface area contributed by atoms with E-state index in [2.05, 4.69) is 30.4 Å². The minimum atomic E-state index is -0.548. The number of rotatable bonds is 4. The highest BCUT2D eigenvalue weighted by Crippen LogP contribution is 2.60. The van der Waals surface area contributed by atoms with Gasteiger partial charge in [-0.1, -0.05) is 65.1 Å². The van der Waals surface area contributed by atoms with Gasteiger partial charge in [0.2, 0.25) is 5.91 Å². The van der Waals surface area contributed by atoms with Gasteiger partial charge in [0.05, 0.1) is 17.0 Å². The Kier molecular flexibility index (Phi) is 6.57. The van der Waals surface area contributed by atoms with Crippen LogP contribution in [0.2, 0.25) is 15.1 Å². The third kappa shape index (κ3) is 4.33. The molecular formula is C29H25Cl3N2O. The normalized spacial score (nSPS) is 27.7. The van der Waals surface area contributed by atoms with E-state index in [1.165, 1.54) is 0 Å². The van der Waals surface area contributed by atoms with Crippen LogP contribution in [0, 0.1) is 22.7 Å². The summed E-state index contributed by atoms with van der Waals surface area (Å²) in [6, 6.07) is 23.5. The number of nitrogens with zero attached hydrogens (tertiary/aromatic N) is 1. The number of nitriles is 1. The summed E-state index contributed by atoms with van der Waals surface area (Å²) in [5, 5.41) is 14.4. The van der Waals surface area contributed by atoms with Crippen molar-refractivity contribution in [1.82, 2.24) is 5.32 Å². The van der Waals surface area contributed by atoms with Crippen LogP contribution >= 0.6 is 34.8 Å². The van der Waals surface area contributed by atoms with Crippen molar-refractivity contribution in [3.05, 3.63) is 104 Å². The van der Waals surface area contributed by atoms with Crippen molar-refractivity contribution < 1.29 is 4.79 Å². The maximum absolute atomic E-state index is 13.6. The number of carbonyl (C=O) groups is 1. The van der Waals surface area contributed by atoms with Crippen LogP contribution in [0.15, 0.2) is 66.7 Å². The van der Waals surface area contributed by atoms with Gasteiger partial charge in [0.25, 0.3) is 0 Å². The fourth-order valence-electron chi connectivity index (χ4n) is 6.47. The summed E-state index contributed by atoms with van der Waals surface area (Å²) in [5.74, 6) is 0.360. The standard InChI is InChI=1S/C29H25Cl3N2O/c1-17-27-26(20-6-8-21(30)9-7-20)24(23-11-10-22(31)14-25(23)32)12-13-29(27,28(35)34-17)15-18-2-4-19(16-33)5-3-18/h2-11,14,17,24,26-27H,12-13,15H2,1H3,(H,34,35)/t17-,24+,26+,27+,29+/m1/s1. The fourth-order valence-corrected chi connectivity index (χ4v) is 7.15. The first kappa shape index (κ1) is 24.2. The van der Waals surface area contributed by atoms with Crippen molar-refractivity contribution >= 4 is 40.7 Å². The lowest BCUT2D eigenvalue weighted by molar-refractivity contribution is -0.131. The van der Waals surface area contributed by atoms with Gasteiger partial charge in [0, 0.05) is 27.0 Å². The lowest BCUT2D eigenvalue weighted by Crippen LogP contribution is -2.45. The third-order valence-corrected chi connectivity index (χ3v) is 8.74. The molecule has 5 atom stereocenters. The molecule has 5 rings (SSSR count). The van der Waals surface area contributed by atoms with Gasteiger partial charge in [0.15, 0.2) is 0 Å². The van der Waals surface area contributed by atoms with E-state index < -0.39 is 5.41 Å². The first-order chi connectivity index (χ1) is 16.8. The fraction of sp³-hybridized carbons (Fsp3) is 0.310. The predicted octanol–water partition coefficient (Wildman–Crippen LogP) is 7.54. The van der Waals surface area contributed by atoms with E-state index in [1.54, 1.807) is 6.07 Å². The molecule has 1 N–H and O–H groups in total. The van der Waals surface area contributed by atoms with Crippen molar-refractivity contribution in [2.45, 2.75) is 44.1 Å². The lowest BCUT2D eigenvalue weighted by Gasteiger charge is -2.48. The van der Waals surface area contributed by atoms with Gasteiger partial charge in [-0.25, -0.2) is 0 Å². The molecule has 3 aromatic carbocycles. The molecule has 1 saturated heterocycles. The van der Waals surface area contributed by atoms with Crippen LogP contribution in [0.25, 0.3) is 0 Å². The Morgan fingerprint density at radius 1 is 1.00 bits per heavy atom. The van der Waals surface area contributed by atoms with Crippen LogP contribution in [0.3, 0.4) is 0 Å². The maximum atomic E-state index is 13.6. The molecule has 0 radical (unpaired) electrons. The van der Waals surface area contributed by atoms with E-state index in [0.29, 0.717) is 27.1 Å². The van der Waals surface area contributed by atoms with Crippen molar-refractivity contribution in [1.29, 1.82) is 5.26 Å². The Morgan fingerprint density at radius 2 is 1.69 bits per heavy atom. The first-order valence-corrected chi connectivity index (χ1v) is 13.0. The maximum Gasteiger partial charge on any atom is 0.227 e. The highest BCUT2D eigenvalue weighted by Gasteiger charge is 2.60. The molecule has 1 aliphatic heterocycles. The summed E-state index contributed by atoms with van der Waals surface area (Å²) < 4.78 is 0. The number of carbonyl (C=O) groups excluding carboxylic acids is 1. The quantitative estimate of drug-likeness (QED) is 0.384. The molecule has 35 heavy (non-hydrogen) atoms. The van der Waals surface area contributed by atoms with E-state index in [4.69, 9.17) is 34.8 Å². The second-order valence-corrected chi connectivity index (χ2v) is 11.1.